The summed E-state index contributed by atoms with van der Waals surface area (Å²) in [5, 5.41) is 0. The molecular weight excluding hydrogens is 260 g/mol. The largest absolute Gasteiger partial charge is 0.337 e. The summed E-state index contributed by atoms with van der Waals surface area (Å²) >= 11 is 0. The first-order valence-corrected chi connectivity index (χ1v) is 8.50. The number of hydrogen-bond acceptors (Lipinski definition) is 2. The molecule has 1 aliphatic heterocycles. The molecule has 0 aromatic carbocycles. The second kappa shape index (κ2) is 7.13. The minimum absolute atomic E-state index is 0.0840. The van der Waals surface area contributed by atoms with Crippen LogP contribution in [0.1, 0.15) is 67.7 Å². The maximum Gasteiger partial charge on any atom is 0.223 e. The van der Waals surface area contributed by atoms with Gasteiger partial charge in [0, 0.05) is 32.1 Å². The van der Waals surface area contributed by atoms with Crippen molar-refractivity contribution in [3.63, 3.8) is 0 Å². The third-order valence-corrected chi connectivity index (χ3v) is 4.11. The van der Waals surface area contributed by atoms with Crippen LogP contribution in [-0.2, 0) is 4.79 Å². The maximum absolute atomic E-state index is 12.4. The van der Waals surface area contributed by atoms with Crippen molar-refractivity contribution in [3.8, 4) is 0 Å². The first kappa shape index (κ1) is 18.5. The predicted octanol–water partition coefficient (Wildman–Crippen LogP) is 3.78. The minimum atomic E-state index is 0.0840. The maximum atomic E-state index is 12.4. The molecule has 1 aliphatic rings. The van der Waals surface area contributed by atoms with Crippen LogP contribution in [0.25, 0.3) is 0 Å². The van der Waals surface area contributed by atoms with Crippen LogP contribution in [-0.4, -0.2) is 47.9 Å². The van der Waals surface area contributed by atoms with Gasteiger partial charge in [-0.15, -0.1) is 0 Å². The van der Waals surface area contributed by atoms with E-state index in [1.54, 1.807) is 0 Å². The van der Waals surface area contributed by atoms with E-state index in [-0.39, 0.29) is 5.41 Å². The number of rotatable bonds is 4. The van der Waals surface area contributed by atoms with Crippen molar-refractivity contribution in [2.45, 2.75) is 73.8 Å². The first-order valence-electron chi connectivity index (χ1n) is 8.50. The molecule has 3 nitrogen and oxygen atoms in total. The molecule has 0 N–H and O–H groups in total. The van der Waals surface area contributed by atoms with E-state index in [9.17, 15) is 4.79 Å². The fraction of sp³-hybridized carbons (Fsp3) is 0.944. The van der Waals surface area contributed by atoms with Gasteiger partial charge in [0.15, 0.2) is 0 Å². The normalized spacial score (nSPS) is 21.7. The lowest BCUT2D eigenvalue weighted by atomic mass is 9.90. The zero-order chi connectivity index (χ0) is 16.3. The molecule has 1 saturated heterocycles. The second-order valence-electron chi connectivity index (χ2n) is 9.14. The van der Waals surface area contributed by atoms with Gasteiger partial charge in [-0.2, -0.15) is 0 Å². The zero-order valence-corrected chi connectivity index (χ0v) is 15.3. The standard InChI is InChI=1S/C18H36N2O/c1-15-14-19(10-8-9-17(2,3)4)11-12-20(15)16(21)13-18(5,6)7/h15H,8-14H2,1-7H3/t15-/m1/s1. The van der Waals surface area contributed by atoms with Crippen molar-refractivity contribution in [3.05, 3.63) is 0 Å². The van der Waals surface area contributed by atoms with Crippen molar-refractivity contribution in [1.82, 2.24) is 9.80 Å². The molecule has 1 amide bonds. The van der Waals surface area contributed by atoms with Gasteiger partial charge in [-0.3, -0.25) is 9.69 Å². The molecule has 0 unspecified atom stereocenters. The number of carbonyl (C=O) groups excluding carboxylic acids is 1. The van der Waals surface area contributed by atoms with Gasteiger partial charge < -0.3 is 4.90 Å². The van der Waals surface area contributed by atoms with Crippen molar-refractivity contribution in [1.29, 1.82) is 0 Å². The molecule has 1 atom stereocenters. The molecule has 3 heteroatoms. The molecule has 0 aliphatic carbocycles. The zero-order valence-electron chi connectivity index (χ0n) is 15.3. The number of carbonyl (C=O) groups is 1. The fourth-order valence-electron chi connectivity index (χ4n) is 2.99. The Morgan fingerprint density at radius 2 is 1.67 bits per heavy atom. The molecule has 1 heterocycles. The predicted molar refractivity (Wildman–Crippen MR) is 90.4 cm³/mol. The molecular formula is C18H36N2O. The minimum Gasteiger partial charge on any atom is -0.337 e. The van der Waals surface area contributed by atoms with Crippen LogP contribution in [0, 0.1) is 10.8 Å². The van der Waals surface area contributed by atoms with Gasteiger partial charge in [0.05, 0.1) is 0 Å². The van der Waals surface area contributed by atoms with Gasteiger partial charge in [-0.1, -0.05) is 41.5 Å². The van der Waals surface area contributed by atoms with Gasteiger partial charge in [0.25, 0.3) is 0 Å². The molecule has 0 aromatic rings. The van der Waals surface area contributed by atoms with Gasteiger partial charge in [-0.05, 0) is 37.1 Å². The average Bonchev–Trinajstić information content (AvgIpc) is 2.24. The number of hydrogen-bond donors (Lipinski definition) is 0. The summed E-state index contributed by atoms with van der Waals surface area (Å²) in [6, 6.07) is 0.350. The molecule has 0 radical (unpaired) electrons. The molecule has 0 aromatic heterocycles. The Labute approximate surface area is 132 Å². The van der Waals surface area contributed by atoms with Gasteiger partial charge in [0.1, 0.15) is 0 Å². The van der Waals surface area contributed by atoms with Crippen LogP contribution < -0.4 is 0 Å². The Morgan fingerprint density at radius 1 is 1.05 bits per heavy atom. The Hall–Kier alpha value is -0.570. The Morgan fingerprint density at radius 3 is 2.14 bits per heavy atom. The van der Waals surface area contributed by atoms with Crippen molar-refractivity contribution in [2.75, 3.05) is 26.2 Å². The van der Waals surface area contributed by atoms with E-state index >= 15 is 0 Å². The summed E-state index contributed by atoms with van der Waals surface area (Å²) < 4.78 is 0. The smallest absolute Gasteiger partial charge is 0.223 e. The quantitative estimate of drug-likeness (QED) is 0.788. The van der Waals surface area contributed by atoms with Crippen LogP contribution in [0.15, 0.2) is 0 Å². The highest BCUT2D eigenvalue weighted by Gasteiger charge is 2.29. The highest BCUT2D eigenvalue weighted by molar-refractivity contribution is 5.77. The van der Waals surface area contributed by atoms with Gasteiger partial charge >= 0.3 is 0 Å². The SMILES string of the molecule is C[C@@H]1CN(CCCC(C)(C)C)CCN1C(=O)CC(C)(C)C. The third-order valence-electron chi connectivity index (χ3n) is 4.11. The number of nitrogens with zero attached hydrogens (tertiary/aromatic N) is 2. The van der Waals surface area contributed by atoms with Crippen molar-refractivity contribution >= 4 is 5.91 Å². The molecule has 124 valence electrons. The molecule has 1 fully saturated rings. The van der Waals surface area contributed by atoms with Crippen LogP contribution in [0.5, 0.6) is 0 Å². The summed E-state index contributed by atoms with van der Waals surface area (Å²) in [6.07, 6.45) is 3.18. The summed E-state index contributed by atoms with van der Waals surface area (Å²) in [5.41, 5.74) is 0.511. The van der Waals surface area contributed by atoms with E-state index < -0.39 is 0 Å². The molecule has 0 spiro atoms. The van der Waals surface area contributed by atoms with E-state index in [2.05, 4.69) is 58.3 Å². The second-order valence-corrected chi connectivity index (χ2v) is 9.14. The number of amides is 1. The Balaban J connectivity index is 2.38. The lowest BCUT2D eigenvalue weighted by Gasteiger charge is -2.41. The Bertz CT molecular complexity index is 338. The number of piperazine rings is 1. The summed E-state index contributed by atoms with van der Waals surface area (Å²) in [7, 11) is 0. The monoisotopic (exact) mass is 296 g/mol. The lowest BCUT2D eigenvalue weighted by molar-refractivity contribution is -0.137. The van der Waals surface area contributed by atoms with E-state index in [0.717, 1.165) is 19.6 Å². The van der Waals surface area contributed by atoms with Crippen LogP contribution >= 0.6 is 0 Å². The fourth-order valence-corrected chi connectivity index (χ4v) is 2.99. The Kier molecular flexibility index (Phi) is 6.27. The van der Waals surface area contributed by atoms with E-state index in [1.807, 2.05) is 0 Å². The average molecular weight is 296 g/mol. The summed E-state index contributed by atoms with van der Waals surface area (Å²) in [5.74, 6) is 0.323. The van der Waals surface area contributed by atoms with Gasteiger partial charge in [0.2, 0.25) is 5.91 Å². The topological polar surface area (TPSA) is 23.6 Å². The van der Waals surface area contributed by atoms with Gasteiger partial charge in [-0.25, -0.2) is 0 Å². The highest BCUT2D eigenvalue weighted by Crippen LogP contribution is 2.23. The molecule has 21 heavy (non-hydrogen) atoms. The van der Waals surface area contributed by atoms with E-state index in [1.165, 1.54) is 19.4 Å². The highest BCUT2D eigenvalue weighted by atomic mass is 16.2. The molecule has 1 rings (SSSR count). The third kappa shape index (κ3) is 7.30. The van der Waals surface area contributed by atoms with Crippen molar-refractivity contribution < 1.29 is 4.79 Å². The van der Waals surface area contributed by atoms with E-state index in [0.29, 0.717) is 23.8 Å². The van der Waals surface area contributed by atoms with Crippen molar-refractivity contribution in [2.24, 2.45) is 10.8 Å². The lowest BCUT2D eigenvalue weighted by Crippen LogP contribution is -2.54. The van der Waals surface area contributed by atoms with E-state index in [4.69, 9.17) is 0 Å². The van der Waals surface area contributed by atoms with Crippen LogP contribution in [0.4, 0.5) is 0 Å². The summed E-state index contributed by atoms with van der Waals surface area (Å²) in [6.45, 7) is 19.6. The summed E-state index contributed by atoms with van der Waals surface area (Å²) in [4.78, 5) is 17.0. The van der Waals surface area contributed by atoms with Crippen LogP contribution in [0.2, 0.25) is 0 Å². The first-order chi connectivity index (χ1) is 9.48. The van der Waals surface area contributed by atoms with Crippen LogP contribution in [0.3, 0.4) is 0 Å². The molecule has 0 saturated carbocycles. The molecule has 0 bridgehead atoms.